The van der Waals surface area contributed by atoms with Crippen molar-refractivity contribution >= 4 is 34.4 Å². The summed E-state index contributed by atoms with van der Waals surface area (Å²) in [6, 6.07) is 4.73. The fourth-order valence-electron chi connectivity index (χ4n) is 4.11. The van der Waals surface area contributed by atoms with E-state index in [0.29, 0.717) is 17.2 Å². The molecule has 172 valence electrons. The Hall–Kier alpha value is -2.88. The predicted octanol–water partition coefficient (Wildman–Crippen LogP) is 4.15. The Bertz CT molecular complexity index is 1380. The molecule has 0 radical (unpaired) electrons. The summed E-state index contributed by atoms with van der Waals surface area (Å²) in [6.45, 7) is 3.58. The Morgan fingerprint density at radius 3 is 2.79 bits per heavy atom. The lowest BCUT2D eigenvalue weighted by atomic mass is 10.1. The van der Waals surface area contributed by atoms with Crippen LogP contribution in [0.3, 0.4) is 0 Å². The average Bonchev–Trinajstić information content (AvgIpc) is 3.42. The number of nitrogens with zero attached hydrogens (tertiary/aromatic N) is 4. The van der Waals surface area contributed by atoms with Gasteiger partial charge in [0.25, 0.3) is 0 Å². The summed E-state index contributed by atoms with van der Waals surface area (Å²) in [5.41, 5.74) is 2.20. The summed E-state index contributed by atoms with van der Waals surface area (Å²) in [4.78, 5) is 25.5. The molecular weight excluding hydrogens is 470 g/mol. The highest BCUT2D eigenvalue weighted by atomic mass is 35.5. The molecule has 33 heavy (non-hydrogen) atoms. The van der Waals surface area contributed by atoms with Crippen molar-refractivity contribution in [2.45, 2.75) is 31.9 Å². The van der Waals surface area contributed by atoms with E-state index in [9.17, 15) is 9.18 Å². The number of piperidine rings is 1. The lowest BCUT2D eigenvalue weighted by molar-refractivity contribution is 0.0492. The first kappa shape index (κ1) is 21.9. The summed E-state index contributed by atoms with van der Waals surface area (Å²) in [7, 11) is 0. The van der Waals surface area contributed by atoms with Gasteiger partial charge in [0.1, 0.15) is 11.3 Å². The van der Waals surface area contributed by atoms with E-state index in [0.717, 1.165) is 41.8 Å². The van der Waals surface area contributed by atoms with E-state index in [1.165, 1.54) is 12.1 Å². The third kappa shape index (κ3) is 4.12. The highest BCUT2D eigenvalue weighted by Gasteiger charge is 2.22. The molecular formula is C22H21Cl2FN6O2. The predicted molar refractivity (Wildman–Crippen MR) is 124 cm³/mol. The number of aromatic amines is 1. The number of hydrogen-bond donors (Lipinski definition) is 2. The van der Waals surface area contributed by atoms with Crippen molar-refractivity contribution in [3.8, 4) is 11.1 Å². The smallest absolute Gasteiger partial charge is 0.360 e. The Balaban J connectivity index is 1.48. The minimum absolute atomic E-state index is 0.146. The molecule has 4 heterocycles. The van der Waals surface area contributed by atoms with Gasteiger partial charge in [0.05, 0.1) is 17.3 Å². The van der Waals surface area contributed by atoms with Crippen LogP contribution in [-0.2, 0) is 0 Å². The molecule has 4 aromatic rings. The summed E-state index contributed by atoms with van der Waals surface area (Å²) >= 11 is 12.3. The Morgan fingerprint density at radius 1 is 1.21 bits per heavy atom. The number of benzene rings is 1. The number of H-pyrrole nitrogens is 1. The van der Waals surface area contributed by atoms with Crippen LogP contribution in [-0.4, -0.2) is 37.6 Å². The summed E-state index contributed by atoms with van der Waals surface area (Å²) < 4.78 is 17.0. The molecule has 2 N–H and O–H groups in total. The lowest BCUT2D eigenvalue weighted by Gasteiger charge is -2.22. The minimum atomic E-state index is -0.802. The molecule has 3 aromatic heterocycles. The second kappa shape index (κ2) is 8.81. The van der Waals surface area contributed by atoms with E-state index in [4.69, 9.17) is 28.0 Å². The molecule has 0 saturated carbocycles. The van der Waals surface area contributed by atoms with Gasteiger partial charge in [-0.3, -0.25) is 9.67 Å². The molecule has 0 aliphatic carbocycles. The summed E-state index contributed by atoms with van der Waals surface area (Å²) in [6.07, 6.45) is 6.69. The van der Waals surface area contributed by atoms with Crippen LogP contribution in [0.2, 0.25) is 10.0 Å². The van der Waals surface area contributed by atoms with Gasteiger partial charge in [0.2, 0.25) is 0 Å². The molecule has 5 rings (SSSR count). The number of halogens is 3. The van der Waals surface area contributed by atoms with Crippen molar-refractivity contribution in [2.24, 2.45) is 0 Å². The monoisotopic (exact) mass is 490 g/mol. The maximum atomic E-state index is 14.0. The molecule has 0 unspecified atom stereocenters. The third-order valence-corrected chi connectivity index (χ3v) is 6.58. The van der Waals surface area contributed by atoms with Crippen molar-refractivity contribution in [2.75, 3.05) is 13.1 Å². The van der Waals surface area contributed by atoms with Gasteiger partial charge in [0.15, 0.2) is 11.8 Å². The van der Waals surface area contributed by atoms with Gasteiger partial charge >= 0.3 is 5.69 Å². The lowest BCUT2D eigenvalue weighted by Crippen LogP contribution is -2.29. The van der Waals surface area contributed by atoms with Gasteiger partial charge in [-0.25, -0.2) is 14.2 Å². The van der Waals surface area contributed by atoms with Crippen LogP contribution >= 0.6 is 23.2 Å². The van der Waals surface area contributed by atoms with Crippen LogP contribution in [0.1, 0.15) is 37.5 Å². The zero-order valence-corrected chi connectivity index (χ0v) is 19.2. The van der Waals surface area contributed by atoms with Crippen molar-refractivity contribution in [1.82, 2.24) is 29.8 Å². The van der Waals surface area contributed by atoms with Gasteiger partial charge in [0, 0.05) is 34.1 Å². The summed E-state index contributed by atoms with van der Waals surface area (Å²) in [5, 5.41) is 7.97. The van der Waals surface area contributed by atoms with E-state index in [1.54, 1.807) is 25.4 Å². The van der Waals surface area contributed by atoms with E-state index < -0.39 is 17.6 Å². The van der Waals surface area contributed by atoms with E-state index in [2.05, 4.69) is 20.4 Å². The highest BCUT2D eigenvalue weighted by molar-refractivity contribution is 6.36. The molecule has 1 aliphatic rings. The standard InChI is InChI=1S/C22H21Cl2FN6O2/c1-12(19-16(23)2-3-17(25)20(19)24)33-31-18-8-13(9-27-21(18)29-22(31)32)14-10-28-30(11-14)15-4-6-26-7-5-15/h2-3,8-12,15,26H,4-7H2,1H3,(H,27,29,32)/t12-/m1/s1. The van der Waals surface area contributed by atoms with Gasteiger partial charge in [-0.15, -0.1) is 4.73 Å². The summed E-state index contributed by atoms with van der Waals surface area (Å²) in [5.74, 6) is -0.618. The van der Waals surface area contributed by atoms with Crippen LogP contribution in [0.25, 0.3) is 22.3 Å². The van der Waals surface area contributed by atoms with Crippen LogP contribution < -0.4 is 15.8 Å². The average molecular weight is 491 g/mol. The number of rotatable bonds is 5. The molecule has 11 heteroatoms. The molecule has 0 bridgehead atoms. The highest BCUT2D eigenvalue weighted by Crippen LogP contribution is 2.33. The first-order valence-electron chi connectivity index (χ1n) is 10.6. The van der Waals surface area contributed by atoms with Crippen molar-refractivity contribution in [3.05, 3.63) is 68.7 Å². The van der Waals surface area contributed by atoms with Crippen molar-refractivity contribution < 1.29 is 9.23 Å². The zero-order chi connectivity index (χ0) is 23.1. The van der Waals surface area contributed by atoms with Gasteiger partial charge < -0.3 is 10.2 Å². The van der Waals surface area contributed by atoms with Gasteiger partial charge in [-0.1, -0.05) is 23.2 Å². The number of nitrogens with one attached hydrogen (secondary N) is 2. The second-order valence-corrected chi connectivity index (χ2v) is 8.80. The Morgan fingerprint density at radius 2 is 2.00 bits per heavy atom. The first-order chi connectivity index (χ1) is 15.9. The largest absolute Gasteiger partial charge is 0.401 e. The van der Waals surface area contributed by atoms with E-state index in [-0.39, 0.29) is 15.6 Å². The number of hydrogen-bond acceptors (Lipinski definition) is 5. The normalized spacial score (nSPS) is 15.8. The third-order valence-electron chi connectivity index (χ3n) is 5.86. The quantitative estimate of drug-likeness (QED) is 0.410. The number of imidazole rings is 1. The molecule has 0 spiro atoms. The Labute approximate surface area is 198 Å². The fraction of sp³-hybridized carbons (Fsp3) is 0.318. The first-order valence-corrected chi connectivity index (χ1v) is 11.3. The molecule has 1 saturated heterocycles. The van der Waals surface area contributed by atoms with Gasteiger partial charge in [-0.2, -0.15) is 5.10 Å². The number of fused-ring (bicyclic) bond motifs is 1. The van der Waals surface area contributed by atoms with Crippen LogP contribution in [0.15, 0.2) is 41.6 Å². The molecule has 1 fully saturated rings. The molecule has 1 aromatic carbocycles. The number of aromatic nitrogens is 5. The Kier molecular flexibility index (Phi) is 5.86. The fourth-order valence-corrected chi connectivity index (χ4v) is 4.79. The maximum Gasteiger partial charge on any atom is 0.360 e. The molecule has 1 aliphatic heterocycles. The van der Waals surface area contributed by atoms with E-state index >= 15 is 0 Å². The van der Waals surface area contributed by atoms with Crippen LogP contribution in [0.5, 0.6) is 0 Å². The SMILES string of the molecule is C[C@@H](On1c(=O)[nH]c2ncc(-c3cnn(C4CCNCC4)c3)cc21)c1c(Cl)ccc(F)c1Cl. The zero-order valence-electron chi connectivity index (χ0n) is 17.7. The second-order valence-electron chi connectivity index (χ2n) is 8.01. The number of pyridine rings is 1. The topological polar surface area (TPSA) is 89.8 Å². The van der Waals surface area contributed by atoms with Crippen LogP contribution in [0, 0.1) is 5.82 Å². The minimum Gasteiger partial charge on any atom is -0.401 e. The molecule has 8 nitrogen and oxygen atoms in total. The maximum absolute atomic E-state index is 14.0. The van der Waals surface area contributed by atoms with Gasteiger partial charge in [-0.05, 0) is 51.1 Å². The molecule has 0 amide bonds. The van der Waals surface area contributed by atoms with Crippen molar-refractivity contribution in [3.63, 3.8) is 0 Å². The molecule has 1 atom stereocenters. The van der Waals surface area contributed by atoms with E-state index in [1.807, 2.05) is 10.9 Å². The van der Waals surface area contributed by atoms with Crippen molar-refractivity contribution in [1.29, 1.82) is 0 Å². The van der Waals surface area contributed by atoms with Crippen LogP contribution in [0.4, 0.5) is 4.39 Å².